The summed E-state index contributed by atoms with van der Waals surface area (Å²) in [6.45, 7) is 0.881. The molecular formula is C14H14N4O3. The molecule has 0 aliphatic heterocycles. The Morgan fingerprint density at radius 3 is 2.81 bits per heavy atom. The van der Waals surface area contributed by atoms with Gasteiger partial charge in [0.15, 0.2) is 5.69 Å². The van der Waals surface area contributed by atoms with Crippen LogP contribution in [0.15, 0.2) is 41.5 Å². The fourth-order valence-corrected chi connectivity index (χ4v) is 1.68. The monoisotopic (exact) mass is 286 g/mol. The van der Waals surface area contributed by atoms with Gasteiger partial charge in [0.2, 0.25) is 6.08 Å². The average Bonchev–Trinajstić information content (AvgIpc) is 2.98. The molecule has 0 bridgehead atoms. The summed E-state index contributed by atoms with van der Waals surface area (Å²) in [6.07, 6.45) is 3.16. The van der Waals surface area contributed by atoms with Gasteiger partial charge in [-0.15, -0.1) is 0 Å². The standard InChI is InChI=1S/C14H14N4O3/c1-21-9-7-15-14(20)13-6-8-18(17-13)12-4-2-11(3-5-12)16-10-19/h2-6,8H,7,9H2,1H3,(H,15,20). The van der Waals surface area contributed by atoms with Crippen molar-refractivity contribution in [2.24, 2.45) is 4.99 Å². The molecule has 1 heterocycles. The summed E-state index contributed by atoms with van der Waals surface area (Å²) in [5.74, 6) is -0.257. The highest BCUT2D eigenvalue weighted by Gasteiger charge is 2.09. The van der Waals surface area contributed by atoms with Crippen molar-refractivity contribution in [3.63, 3.8) is 0 Å². The number of rotatable bonds is 6. The molecule has 0 unspecified atom stereocenters. The summed E-state index contributed by atoms with van der Waals surface area (Å²) in [5.41, 5.74) is 1.59. The normalized spacial score (nSPS) is 9.95. The summed E-state index contributed by atoms with van der Waals surface area (Å²) in [6, 6.07) is 8.45. The highest BCUT2D eigenvalue weighted by molar-refractivity contribution is 5.92. The number of methoxy groups -OCH3 is 1. The molecule has 2 aromatic rings. The Morgan fingerprint density at radius 1 is 1.38 bits per heavy atom. The summed E-state index contributed by atoms with van der Waals surface area (Å²) in [5, 5.41) is 6.88. The minimum atomic E-state index is -0.257. The molecule has 0 aliphatic carbocycles. The van der Waals surface area contributed by atoms with Crippen LogP contribution in [0.2, 0.25) is 0 Å². The van der Waals surface area contributed by atoms with Crippen LogP contribution in [0.3, 0.4) is 0 Å². The Balaban J connectivity index is 2.08. The van der Waals surface area contributed by atoms with E-state index in [9.17, 15) is 9.59 Å². The number of carbonyl (C=O) groups excluding carboxylic acids is 2. The third-order valence-corrected chi connectivity index (χ3v) is 2.70. The first-order valence-electron chi connectivity index (χ1n) is 6.25. The number of isocyanates is 1. The van der Waals surface area contributed by atoms with Crippen LogP contribution < -0.4 is 5.32 Å². The lowest BCUT2D eigenvalue weighted by atomic mass is 10.3. The minimum absolute atomic E-state index is 0.257. The van der Waals surface area contributed by atoms with Gasteiger partial charge >= 0.3 is 0 Å². The van der Waals surface area contributed by atoms with Crippen molar-refractivity contribution in [1.82, 2.24) is 15.1 Å². The second kappa shape index (κ2) is 7.14. The van der Waals surface area contributed by atoms with Crippen molar-refractivity contribution < 1.29 is 14.3 Å². The van der Waals surface area contributed by atoms with E-state index in [0.29, 0.717) is 24.5 Å². The Hall–Kier alpha value is -2.76. The van der Waals surface area contributed by atoms with Gasteiger partial charge in [0.1, 0.15) is 0 Å². The molecule has 1 amide bonds. The molecule has 108 valence electrons. The van der Waals surface area contributed by atoms with E-state index in [2.05, 4.69) is 15.4 Å². The molecule has 1 aromatic carbocycles. The highest BCUT2D eigenvalue weighted by Crippen LogP contribution is 2.15. The van der Waals surface area contributed by atoms with Crippen LogP contribution in [0.1, 0.15) is 10.5 Å². The van der Waals surface area contributed by atoms with E-state index in [4.69, 9.17) is 4.74 Å². The lowest BCUT2D eigenvalue weighted by molar-refractivity contribution is 0.0931. The second-order valence-electron chi connectivity index (χ2n) is 4.11. The van der Waals surface area contributed by atoms with E-state index < -0.39 is 0 Å². The number of ether oxygens (including phenoxy) is 1. The van der Waals surface area contributed by atoms with Crippen LogP contribution in [0, 0.1) is 0 Å². The van der Waals surface area contributed by atoms with Crippen molar-refractivity contribution in [2.75, 3.05) is 20.3 Å². The fourth-order valence-electron chi connectivity index (χ4n) is 1.68. The van der Waals surface area contributed by atoms with E-state index in [1.165, 1.54) is 6.08 Å². The molecule has 7 nitrogen and oxygen atoms in total. The molecule has 0 fully saturated rings. The summed E-state index contributed by atoms with van der Waals surface area (Å²) < 4.78 is 6.43. The Labute approximate surface area is 121 Å². The van der Waals surface area contributed by atoms with Crippen LogP contribution in [0.5, 0.6) is 0 Å². The first-order valence-corrected chi connectivity index (χ1v) is 6.25. The Kier molecular flexibility index (Phi) is 4.98. The topological polar surface area (TPSA) is 85.6 Å². The molecule has 0 saturated carbocycles. The van der Waals surface area contributed by atoms with Crippen molar-refractivity contribution >= 4 is 17.7 Å². The lowest BCUT2D eigenvalue weighted by Crippen LogP contribution is -2.27. The third kappa shape index (κ3) is 3.85. The molecule has 2 rings (SSSR count). The number of aliphatic imine (C=N–C) groups is 1. The third-order valence-electron chi connectivity index (χ3n) is 2.70. The molecule has 0 radical (unpaired) electrons. The van der Waals surface area contributed by atoms with Crippen molar-refractivity contribution in [3.8, 4) is 5.69 Å². The molecule has 0 aliphatic rings. The van der Waals surface area contributed by atoms with Gasteiger partial charge in [-0.3, -0.25) is 4.79 Å². The minimum Gasteiger partial charge on any atom is -0.383 e. The van der Waals surface area contributed by atoms with Gasteiger partial charge in [0.05, 0.1) is 18.0 Å². The van der Waals surface area contributed by atoms with Gasteiger partial charge < -0.3 is 10.1 Å². The zero-order valence-electron chi connectivity index (χ0n) is 11.4. The summed E-state index contributed by atoms with van der Waals surface area (Å²) in [4.78, 5) is 25.5. The number of nitrogens with zero attached hydrogens (tertiary/aromatic N) is 3. The highest BCUT2D eigenvalue weighted by atomic mass is 16.5. The number of hydrogen-bond acceptors (Lipinski definition) is 5. The molecule has 1 aromatic heterocycles. The smallest absolute Gasteiger partial charge is 0.271 e. The van der Waals surface area contributed by atoms with E-state index >= 15 is 0 Å². The fraction of sp³-hybridized carbons (Fsp3) is 0.214. The SMILES string of the molecule is COCCNC(=O)c1ccn(-c2ccc(N=C=O)cc2)n1. The van der Waals surface area contributed by atoms with Crippen molar-refractivity contribution in [2.45, 2.75) is 0 Å². The number of nitrogens with one attached hydrogen (secondary N) is 1. The van der Waals surface area contributed by atoms with Crippen LogP contribution in [0.25, 0.3) is 5.69 Å². The van der Waals surface area contributed by atoms with Crippen LogP contribution in [0.4, 0.5) is 5.69 Å². The van der Waals surface area contributed by atoms with Gasteiger partial charge in [-0.2, -0.15) is 10.1 Å². The van der Waals surface area contributed by atoms with Crippen LogP contribution >= 0.6 is 0 Å². The van der Waals surface area contributed by atoms with Gasteiger partial charge in [-0.1, -0.05) is 0 Å². The van der Waals surface area contributed by atoms with Gasteiger partial charge in [0.25, 0.3) is 5.91 Å². The maximum atomic E-state index is 11.8. The number of carbonyl (C=O) groups is 1. The van der Waals surface area contributed by atoms with E-state index in [1.54, 1.807) is 48.3 Å². The quantitative estimate of drug-likeness (QED) is 0.491. The van der Waals surface area contributed by atoms with Crippen LogP contribution in [-0.4, -0.2) is 42.0 Å². The zero-order valence-corrected chi connectivity index (χ0v) is 11.4. The zero-order chi connectivity index (χ0) is 15.1. The summed E-state index contributed by atoms with van der Waals surface area (Å²) >= 11 is 0. The Morgan fingerprint density at radius 2 is 2.14 bits per heavy atom. The molecular weight excluding hydrogens is 272 g/mol. The van der Waals surface area contributed by atoms with Crippen molar-refractivity contribution in [3.05, 3.63) is 42.2 Å². The van der Waals surface area contributed by atoms with E-state index in [-0.39, 0.29) is 5.91 Å². The molecule has 0 atom stereocenters. The van der Waals surface area contributed by atoms with Gasteiger partial charge in [-0.25, -0.2) is 9.48 Å². The molecule has 1 N–H and O–H groups in total. The second-order valence-corrected chi connectivity index (χ2v) is 4.11. The number of aromatic nitrogens is 2. The maximum absolute atomic E-state index is 11.8. The molecule has 7 heteroatoms. The van der Waals surface area contributed by atoms with Crippen LogP contribution in [-0.2, 0) is 9.53 Å². The van der Waals surface area contributed by atoms with E-state index in [0.717, 1.165) is 5.69 Å². The first kappa shape index (κ1) is 14.6. The number of amides is 1. The number of hydrogen-bond donors (Lipinski definition) is 1. The first-order chi connectivity index (χ1) is 10.2. The van der Waals surface area contributed by atoms with E-state index in [1.807, 2.05) is 0 Å². The predicted octanol–water partition coefficient (Wildman–Crippen LogP) is 1.22. The average molecular weight is 286 g/mol. The molecule has 0 saturated heterocycles. The largest absolute Gasteiger partial charge is 0.383 e. The van der Waals surface area contributed by atoms with Crippen molar-refractivity contribution in [1.29, 1.82) is 0 Å². The maximum Gasteiger partial charge on any atom is 0.271 e. The summed E-state index contributed by atoms with van der Waals surface area (Å²) in [7, 11) is 1.57. The van der Waals surface area contributed by atoms with Gasteiger partial charge in [-0.05, 0) is 30.3 Å². The Bertz CT molecular complexity index is 657. The number of benzene rings is 1. The lowest BCUT2D eigenvalue weighted by Gasteiger charge is -2.02. The molecule has 0 spiro atoms. The van der Waals surface area contributed by atoms with Gasteiger partial charge in [0, 0.05) is 19.9 Å². The predicted molar refractivity (Wildman–Crippen MR) is 75.6 cm³/mol. The molecule has 21 heavy (non-hydrogen) atoms.